The van der Waals surface area contributed by atoms with Gasteiger partial charge in [0, 0.05) is 5.39 Å². The highest BCUT2D eigenvalue weighted by Crippen LogP contribution is 2.55. The molecule has 0 fully saturated rings. The molecular formula is C21H16N4O5S. The number of para-hydroxylation sites is 2. The van der Waals surface area contributed by atoms with Crippen LogP contribution in [-0.4, -0.2) is 30.9 Å². The second-order valence-corrected chi connectivity index (χ2v) is 8.36. The van der Waals surface area contributed by atoms with Crippen molar-refractivity contribution >= 4 is 39.4 Å². The van der Waals surface area contributed by atoms with Crippen LogP contribution in [0, 0.1) is 0 Å². The third-order valence-corrected chi connectivity index (χ3v) is 6.15. The van der Waals surface area contributed by atoms with E-state index in [-0.39, 0.29) is 22.0 Å². The first-order chi connectivity index (χ1) is 15.0. The minimum absolute atomic E-state index is 0.158. The molecule has 10 heteroatoms. The zero-order valence-corrected chi connectivity index (χ0v) is 16.7. The lowest BCUT2D eigenvalue weighted by molar-refractivity contribution is 0.478. The third-order valence-electron chi connectivity index (χ3n) is 4.76. The Morgan fingerprint density at radius 3 is 2.65 bits per heavy atom. The minimum atomic E-state index is -3.57. The third kappa shape index (κ3) is 3.19. The van der Waals surface area contributed by atoms with Crippen molar-refractivity contribution in [2.45, 2.75) is 4.90 Å². The predicted molar refractivity (Wildman–Crippen MR) is 119 cm³/mol. The number of furan rings is 1. The van der Waals surface area contributed by atoms with Gasteiger partial charge in [-0.05, 0) is 36.4 Å². The average Bonchev–Trinajstić information content (AvgIpc) is 3.27. The summed E-state index contributed by atoms with van der Waals surface area (Å²) in [5, 5.41) is 18.4. The van der Waals surface area contributed by atoms with Crippen molar-refractivity contribution in [1.29, 1.82) is 0 Å². The van der Waals surface area contributed by atoms with Crippen LogP contribution in [0.1, 0.15) is 11.3 Å². The van der Waals surface area contributed by atoms with E-state index in [0.717, 1.165) is 4.68 Å². The van der Waals surface area contributed by atoms with E-state index in [1.54, 1.807) is 54.6 Å². The number of rotatable bonds is 3. The number of nitrogens with one attached hydrogen (secondary N) is 1. The second-order valence-electron chi connectivity index (χ2n) is 6.70. The van der Waals surface area contributed by atoms with Gasteiger partial charge in [-0.25, -0.2) is 0 Å². The lowest BCUT2D eigenvalue weighted by Crippen LogP contribution is -2.31. The summed E-state index contributed by atoms with van der Waals surface area (Å²) < 4.78 is 31.4. The van der Waals surface area contributed by atoms with E-state index in [1.165, 1.54) is 18.5 Å². The van der Waals surface area contributed by atoms with Crippen LogP contribution in [-0.2, 0) is 0 Å². The maximum Gasteiger partial charge on any atom is 0.286 e. The second kappa shape index (κ2) is 7.13. The minimum Gasteiger partial charge on any atom is -0.506 e. The Morgan fingerprint density at radius 2 is 1.84 bits per heavy atom. The van der Waals surface area contributed by atoms with Crippen molar-refractivity contribution in [3.8, 4) is 5.75 Å². The molecule has 2 aromatic heterocycles. The van der Waals surface area contributed by atoms with Crippen molar-refractivity contribution in [3.63, 3.8) is 0 Å². The number of nitrogens with zero attached hydrogens (tertiary/aromatic N) is 3. The number of aromatic hydroxyl groups is 1. The van der Waals surface area contributed by atoms with Crippen molar-refractivity contribution in [2.24, 2.45) is 9.50 Å². The Labute approximate surface area is 177 Å². The summed E-state index contributed by atoms with van der Waals surface area (Å²) in [4.78, 5) is 13.6. The Kier molecular flexibility index (Phi) is 4.40. The first-order valence-electron chi connectivity index (χ1n) is 9.15. The SMILES string of the molecule is O=c1c(C2=NS(O)(O)c3ccccc3N2)c(O)c2ccccc2n1/N=C/c1ccco1. The fraction of sp³-hybridized carbons (Fsp3) is 0. The number of benzene rings is 2. The van der Waals surface area contributed by atoms with E-state index >= 15 is 0 Å². The normalized spacial score (nSPS) is 16.0. The van der Waals surface area contributed by atoms with Gasteiger partial charge in [0.15, 0.2) is 5.84 Å². The lowest BCUT2D eigenvalue weighted by Gasteiger charge is -2.34. The average molecular weight is 436 g/mol. The topological polar surface area (TPSA) is 133 Å². The molecule has 0 aliphatic carbocycles. The Hall–Kier alpha value is -3.86. The number of fused-ring (bicyclic) bond motifs is 2. The number of hydrogen-bond acceptors (Lipinski definition) is 8. The molecule has 1 aliphatic rings. The van der Waals surface area contributed by atoms with Gasteiger partial charge < -0.3 is 14.8 Å². The van der Waals surface area contributed by atoms with Crippen LogP contribution in [0.3, 0.4) is 0 Å². The van der Waals surface area contributed by atoms with Gasteiger partial charge in [-0.1, -0.05) is 35.0 Å². The maximum atomic E-state index is 13.4. The van der Waals surface area contributed by atoms with Gasteiger partial charge in [0.1, 0.15) is 22.0 Å². The molecule has 4 N–H and O–H groups in total. The predicted octanol–water partition coefficient (Wildman–Crippen LogP) is 4.08. The molecule has 1 aliphatic heterocycles. The quantitative estimate of drug-likeness (QED) is 0.358. The summed E-state index contributed by atoms with van der Waals surface area (Å²) in [6.45, 7) is 0. The molecule has 0 unspecified atom stereocenters. The lowest BCUT2D eigenvalue weighted by atomic mass is 10.1. The highest BCUT2D eigenvalue weighted by molar-refractivity contribution is 8.23. The first kappa shape index (κ1) is 19.1. The van der Waals surface area contributed by atoms with Gasteiger partial charge in [0.05, 0.1) is 23.7 Å². The van der Waals surface area contributed by atoms with Crippen molar-refractivity contribution < 1.29 is 18.6 Å². The molecule has 0 amide bonds. The molecule has 4 aromatic rings. The molecule has 3 heterocycles. The van der Waals surface area contributed by atoms with E-state index in [4.69, 9.17) is 4.42 Å². The summed E-state index contributed by atoms with van der Waals surface area (Å²) in [5.41, 5.74) is -0.185. The van der Waals surface area contributed by atoms with Gasteiger partial charge in [-0.2, -0.15) is 9.78 Å². The van der Waals surface area contributed by atoms with Crippen LogP contribution in [0.5, 0.6) is 5.75 Å². The van der Waals surface area contributed by atoms with Gasteiger partial charge >= 0.3 is 0 Å². The highest BCUT2D eigenvalue weighted by atomic mass is 32.3. The maximum absolute atomic E-state index is 13.4. The molecule has 9 nitrogen and oxygen atoms in total. The summed E-state index contributed by atoms with van der Waals surface area (Å²) >= 11 is 0. The van der Waals surface area contributed by atoms with E-state index in [2.05, 4.69) is 14.8 Å². The molecule has 0 saturated heterocycles. The van der Waals surface area contributed by atoms with E-state index < -0.39 is 16.3 Å². The summed E-state index contributed by atoms with van der Waals surface area (Å²) in [6.07, 6.45) is 2.85. The molecule has 2 aromatic carbocycles. The molecule has 0 saturated carbocycles. The monoisotopic (exact) mass is 436 g/mol. The number of hydrogen-bond donors (Lipinski definition) is 4. The fourth-order valence-electron chi connectivity index (χ4n) is 3.36. The molecule has 31 heavy (non-hydrogen) atoms. The molecule has 0 spiro atoms. The Balaban J connectivity index is 1.75. The largest absolute Gasteiger partial charge is 0.506 e. The Bertz CT molecular complexity index is 1420. The van der Waals surface area contributed by atoms with Gasteiger partial charge in [-0.3, -0.25) is 13.9 Å². The number of aromatic nitrogens is 1. The molecule has 156 valence electrons. The van der Waals surface area contributed by atoms with E-state index in [9.17, 15) is 19.0 Å². The van der Waals surface area contributed by atoms with Crippen LogP contribution >= 0.6 is 10.8 Å². The number of amidine groups is 1. The van der Waals surface area contributed by atoms with Gasteiger partial charge in [0.2, 0.25) is 0 Å². The highest BCUT2D eigenvalue weighted by Gasteiger charge is 2.30. The van der Waals surface area contributed by atoms with Crippen molar-refractivity contribution in [3.05, 3.63) is 88.6 Å². The summed E-state index contributed by atoms with van der Waals surface area (Å²) in [7, 11) is -3.57. The van der Waals surface area contributed by atoms with Crippen LogP contribution in [0.25, 0.3) is 10.9 Å². The molecule has 0 atom stereocenters. The van der Waals surface area contributed by atoms with Crippen molar-refractivity contribution in [2.75, 3.05) is 5.32 Å². The van der Waals surface area contributed by atoms with Crippen molar-refractivity contribution in [1.82, 2.24) is 4.68 Å². The van der Waals surface area contributed by atoms with Crippen LogP contribution in [0.15, 0.2) is 90.5 Å². The fourth-order valence-corrected chi connectivity index (χ4v) is 4.53. The van der Waals surface area contributed by atoms with Crippen LogP contribution in [0.2, 0.25) is 0 Å². The molecular weight excluding hydrogens is 420 g/mol. The van der Waals surface area contributed by atoms with Gasteiger partial charge in [-0.15, -0.1) is 4.40 Å². The standard InChI is InChI=1S/C21H16N4O5S/c26-19-14-7-1-3-9-16(14)25(22-12-13-6-5-11-30-13)21(27)18(19)20-23-15-8-2-4-10-17(15)31(28,29)24-20/h1-12,26,28-29H,(H,23,24)/b22-12+. The van der Waals surface area contributed by atoms with Crippen LogP contribution in [0.4, 0.5) is 5.69 Å². The number of anilines is 1. The summed E-state index contributed by atoms with van der Waals surface area (Å²) in [6, 6.07) is 16.6. The molecule has 0 bridgehead atoms. The molecule has 5 rings (SSSR count). The zero-order valence-electron chi connectivity index (χ0n) is 15.8. The van der Waals surface area contributed by atoms with Crippen LogP contribution < -0.4 is 10.9 Å². The smallest absolute Gasteiger partial charge is 0.286 e. The summed E-state index contributed by atoms with van der Waals surface area (Å²) in [5.74, 6) is -0.0679. The molecule has 0 radical (unpaired) electrons. The Morgan fingerprint density at radius 1 is 1.06 bits per heavy atom. The van der Waals surface area contributed by atoms with E-state index in [0.29, 0.717) is 22.4 Å². The zero-order chi connectivity index (χ0) is 21.6. The first-order valence-corrected chi connectivity index (χ1v) is 10.7. The van der Waals surface area contributed by atoms with E-state index in [1.807, 2.05) is 0 Å². The van der Waals surface area contributed by atoms with Gasteiger partial charge in [0.25, 0.3) is 5.56 Å². The number of pyridine rings is 1.